The molecule has 0 spiro atoms. The number of likely N-dealkylation sites (N-methyl/N-ethyl adjacent to an activating group) is 1. The quantitative estimate of drug-likeness (QED) is 0.654. The number of halogens is 1. The zero-order valence-corrected chi connectivity index (χ0v) is 14.1. The lowest BCUT2D eigenvalue weighted by Crippen LogP contribution is -2.26. The molecule has 0 amide bonds. The Balaban J connectivity index is 1.92. The van der Waals surface area contributed by atoms with E-state index in [-0.39, 0.29) is 5.83 Å². The number of benzene rings is 2. The molecule has 0 bridgehead atoms. The molecule has 2 heterocycles. The first-order valence-electron chi connectivity index (χ1n) is 8.37. The molecule has 0 radical (unpaired) electrons. The maximum Gasteiger partial charge on any atom is 0.146 e. The Labute approximate surface area is 141 Å². The maximum absolute atomic E-state index is 14.8. The second kappa shape index (κ2) is 5.91. The molecule has 2 aromatic carbocycles. The zero-order chi connectivity index (χ0) is 16.7. The van der Waals surface area contributed by atoms with E-state index in [1.807, 2.05) is 30.3 Å². The summed E-state index contributed by atoms with van der Waals surface area (Å²) in [5.74, 6) is -0.199. The van der Waals surface area contributed by atoms with Crippen LogP contribution in [0.3, 0.4) is 0 Å². The van der Waals surface area contributed by atoms with E-state index in [1.54, 1.807) is 6.20 Å². The van der Waals surface area contributed by atoms with Crippen LogP contribution in [0.25, 0.3) is 22.9 Å². The monoisotopic (exact) mass is 320 g/mol. The summed E-state index contributed by atoms with van der Waals surface area (Å²) in [6.45, 7) is 4.03. The van der Waals surface area contributed by atoms with Crippen molar-refractivity contribution in [2.75, 3.05) is 13.6 Å². The minimum Gasteiger partial charge on any atom is -0.317 e. The van der Waals surface area contributed by atoms with Crippen LogP contribution in [-0.2, 0) is 13.0 Å². The largest absolute Gasteiger partial charge is 0.317 e. The first-order valence-corrected chi connectivity index (χ1v) is 8.37. The average molecular weight is 320 g/mol. The predicted molar refractivity (Wildman–Crippen MR) is 98.4 cm³/mol. The summed E-state index contributed by atoms with van der Waals surface area (Å²) in [5, 5.41) is 1.24. The molecule has 0 atom stereocenters. The lowest BCUT2D eigenvalue weighted by Gasteiger charge is -2.23. The normalized spacial score (nSPS) is 15.7. The lowest BCUT2D eigenvalue weighted by molar-refractivity contribution is 0.312. The van der Waals surface area contributed by atoms with Crippen LogP contribution in [0.4, 0.5) is 4.39 Å². The van der Waals surface area contributed by atoms with E-state index in [9.17, 15) is 4.39 Å². The van der Waals surface area contributed by atoms with Gasteiger partial charge in [-0.15, -0.1) is 0 Å². The van der Waals surface area contributed by atoms with Gasteiger partial charge in [-0.25, -0.2) is 4.39 Å². The summed E-state index contributed by atoms with van der Waals surface area (Å²) in [4.78, 5) is 2.33. The molecule has 122 valence electrons. The third kappa shape index (κ3) is 2.55. The van der Waals surface area contributed by atoms with Crippen molar-refractivity contribution < 1.29 is 4.39 Å². The summed E-state index contributed by atoms with van der Waals surface area (Å²) in [6.07, 6.45) is 2.59. The Morgan fingerprint density at radius 1 is 1.12 bits per heavy atom. The number of aromatic nitrogens is 1. The van der Waals surface area contributed by atoms with Gasteiger partial charge >= 0.3 is 0 Å². The first-order chi connectivity index (χ1) is 11.6. The minimum atomic E-state index is -0.199. The fourth-order valence-corrected chi connectivity index (χ4v) is 3.57. The van der Waals surface area contributed by atoms with Crippen LogP contribution in [0, 0.1) is 6.92 Å². The van der Waals surface area contributed by atoms with E-state index in [2.05, 4.69) is 41.6 Å². The van der Waals surface area contributed by atoms with Crippen LogP contribution in [0.1, 0.15) is 22.4 Å². The predicted octanol–water partition coefficient (Wildman–Crippen LogP) is 4.86. The number of aryl methyl sites for hydroxylation is 1. The van der Waals surface area contributed by atoms with Gasteiger partial charge in [0, 0.05) is 42.4 Å². The van der Waals surface area contributed by atoms with E-state index in [0.29, 0.717) is 5.56 Å². The Morgan fingerprint density at radius 3 is 2.71 bits per heavy atom. The van der Waals surface area contributed by atoms with Gasteiger partial charge in [-0.3, -0.25) is 0 Å². The lowest BCUT2D eigenvalue weighted by atomic mass is 10.0. The topological polar surface area (TPSA) is 8.17 Å². The van der Waals surface area contributed by atoms with Crippen LogP contribution in [0.15, 0.2) is 48.5 Å². The molecule has 1 aromatic heterocycles. The van der Waals surface area contributed by atoms with Crippen molar-refractivity contribution in [3.8, 4) is 0 Å². The van der Waals surface area contributed by atoms with Gasteiger partial charge in [0.15, 0.2) is 0 Å². The summed E-state index contributed by atoms with van der Waals surface area (Å²) in [5.41, 5.74) is 5.52. The smallest absolute Gasteiger partial charge is 0.146 e. The molecule has 1 aliphatic rings. The summed E-state index contributed by atoms with van der Waals surface area (Å²) in [6, 6.07) is 15.7. The van der Waals surface area contributed by atoms with Crippen molar-refractivity contribution in [3.05, 3.63) is 70.9 Å². The number of hydrogen-bond donors (Lipinski definition) is 0. The van der Waals surface area contributed by atoms with Crippen LogP contribution in [-0.4, -0.2) is 23.1 Å². The van der Waals surface area contributed by atoms with Crippen molar-refractivity contribution >= 4 is 22.9 Å². The molecule has 3 heteroatoms. The van der Waals surface area contributed by atoms with Gasteiger partial charge in [-0.2, -0.15) is 0 Å². The molecule has 3 aromatic rings. The van der Waals surface area contributed by atoms with Crippen molar-refractivity contribution in [1.82, 2.24) is 9.47 Å². The highest BCUT2D eigenvalue weighted by atomic mass is 19.1. The van der Waals surface area contributed by atoms with Crippen molar-refractivity contribution in [2.45, 2.75) is 19.9 Å². The molecular weight excluding hydrogens is 299 g/mol. The maximum atomic E-state index is 14.8. The van der Waals surface area contributed by atoms with Crippen molar-refractivity contribution in [3.63, 3.8) is 0 Å². The SMILES string of the molecule is Cc1ccc2c(c1)c1c(n2C=C(F)c2ccccc2)CCN(C)C1. The first kappa shape index (κ1) is 15.2. The average Bonchev–Trinajstić information content (AvgIpc) is 2.88. The van der Waals surface area contributed by atoms with Gasteiger partial charge in [0.25, 0.3) is 0 Å². The fourth-order valence-electron chi connectivity index (χ4n) is 3.57. The molecule has 24 heavy (non-hydrogen) atoms. The van der Waals surface area contributed by atoms with Crippen LogP contribution in [0.2, 0.25) is 0 Å². The molecule has 2 nitrogen and oxygen atoms in total. The molecule has 1 aliphatic heterocycles. The van der Waals surface area contributed by atoms with Crippen molar-refractivity contribution in [2.24, 2.45) is 0 Å². The Kier molecular flexibility index (Phi) is 3.73. The van der Waals surface area contributed by atoms with E-state index in [1.165, 1.54) is 22.2 Å². The second-order valence-corrected chi connectivity index (χ2v) is 6.65. The highest BCUT2D eigenvalue weighted by Crippen LogP contribution is 2.32. The molecule has 4 rings (SSSR count). The molecule has 0 N–H and O–H groups in total. The number of fused-ring (bicyclic) bond motifs is 3. The number of nitrogens with zero attached hydrogens (tertiary/aromatic N) is 2. The number of hydrogen-bond acceptors (Lipinski definition) is 1. The summed E-state index contributed by atoms with van der Waals surface area (Å²) in [7, 11) is 2.14. The van der Waals surface area contributed by atoms with Gasteiger partial charge < -0.3 is 9.47 Å². The third-order valence-corrected chi connectivity index (χ3v) is 4.83. The number of rotatable bonds is 2. The van der Waals surface area contributed by atoms with Gasteiger partial charge in [-0.05, 0) is 31.7 Å². The zero-order valence-electron chi connectivity index (χ0n) is 14.1. The molecule has 0 unspecified atom stereocenters. The van der Waals surface area contributed by atoms with E-state index < -0.39 is 0 Å². The molecule has 0 fully saturated rings. The second-order valence-electron chi connectivity index (χ2n) is 6.65. The van der Waals surface area contributed by atoms with E-state index >= 15 is 0 Å². The van der Waals surface area contributed by atoms with Crippen LogP contribution >= 0.6 is 0 Å². The standard InChI is InChI=1S/C21H21FN2/c1-15-8-9-20-17(12-15)18-13-23(2)11-10-21(18)24(20)14-19(22)16-6-4-3-5-7-16/h3-9,12,14H,10-11,13H2,1-2H3. The van der Waals surface area contributed by atoms with E-state index in [4.69, 9.17) is 0 Å². The van der Waals surface area contributed by atoms with E-state index in [0.717, 1.165) is 25.0 Å². The van der Waals surface area contributed by atoms with Gasteiger partial charge in [0.1, 0.15) is 5.83 Å². The minimum absolute atomic E-state index is 0.199. The Morgan fingerprint density at radius 2 is 1.92 bits per heavy atom. The highest BCUT2D eigenvalue weighted by Gasteiger charge is 2.22. The third-order valence-electron chi connectivity index (χ3n) is 4.83. The molecule has 0 saturated heterocycles. The Bertz CT molecular complexity index is 922. The fraction of sp³-hybridized carbons (Fsp3) is 0.238. The molecule has 0 saturated carbocycles. The molecule has 0 aliphatic carbocycles. The highest BCUT2D eigenvalue weighted by molar-refractivity contribution is 5.90. The molecular formula is C21H21FN2. The van der Waals surface area contributed by atoms with Gasteiger partial charge in [-0.1, -0.05) is 42.0 Å². The summed E-state index contributed by atoms with van der Waals surface area (Å²) >= 11 is 0. The van der Waals surface area contributed by atoms with Gasteiger partial charge in [0.2, 0.25) is 0 Å². The van der Waals surface area contributed by atoms with Crippen LogP contribution < -0.4 is 0 Å². The van der Waals surface area contributed by atoms with Crippen molar-refractivity contribution in [1.29, 1.82) is 0 Å². The van der Waals surface area contributed by atoms with Crippen LogP contribution in [0.5, 0.6) is 0 Å². The Hall–Kier alpha value is -2.39. The summed E-state index contributed by atoms with van der Waals surface area (Å²) < 4.78 is 16.8. The van der Waals surface area contributed by atoms with Gasteiger partial charge in [0.05, 0.1) is 5.52 Å².